The van der Waals surface area contributed by atoms with E-state index in [0.29, 0.717) is 24.6 Å². The Balaban J connectivity index is 0.00000264. The van der Waals surface area contributed by atoms with E-state index in [1.54, 1.807) is 0 Å². The summed E-state index contributed by atoms with van der Waals surface area (Å²) in [5.41, 5.74) is 7.74. The number of aliphatic imine (C=N–C) groups is 1. The van der Waals surface area contributed by atoms with Crippen molar-refractivity contribution in [1.29, 1.82) is 0 Å². The Morgan fingerprint density at radius 2 is 2.04 bits per heavy atom. The van der Waals surface area contributed by atoms with Gasteiger partial charge in [-0.05, 0) is 43.4 Å². The van der Waals surface area contributed by atoms with E-state index in [1.807, 2.05) is 31.2 Å². The number of rotatable bonds is 5. The lowest BCUT2D eigenvalue weighted by Crippen LogP contribution is -2.40. The number of hydrogen-bond acceptors (Lipinski definition) is 2. The second kappa shape index (κ2) is 10.5. The van der Waals surface area contributed by atoms with Crippen molar-refractivity contribution in [3.05, 3.63) is 35.4 Å². The van der Waals surface area contributed by atoms with Crippen molar-refractivity contribution >= 4 is 35.8 Å². The molecule has 1 aromatic carbocycles. The van der Waals surface area contributed by atoms with Gasteiger partial charge in [0, 0.05) is 25.2 Å². The van der Waals surface area contributed by atoms with Gasteiger partial charge >= 0.3 is 0 Å². The predicted octanol–water partition coefficient (Wildman–Crippen LogP) is 2.75. The second-order valence-electron chi connectivity index (χ2n) is 5.68. The number of guanidine groups is 1. The molecule has 0 radical (unpaired) electrons. The van der Waals surface area contributed by atoms with E-state index >= 15 is 0 Å². The van der Waals surface area contributed by atoms with Gasteiger partial charge in [-0.15, -0.1) is 24.0 Å². The van der Waals surface area contributed by atoms with Crippen molar-refractivity contribution in [3.63, 3.8) is 0 Å². The molecule has 2 rings (SSSR count). The fraction of sp³-hybridized carbons (Fsp3) is 0.529. The van der Waals surface area contributed by atoms with Crippen LogP contribution in [-0.4, -0.2) is 36.4 Å². The lowest BCUT2D eigenvalue weighted by molar-refractivity contribution is 0.0953. The summed E-state index contributed by atoms with van der Waals surface area (Å²) in [4.78, 5) is 18.6. The Morgan fingerprint density at radius 1 is 1.30 bits per heavy atom. The molecule has 1 amide bonds. The van der Waals surface area contributed by atoms with Crippen LogP contribution in [0.1, 0.15) is 48.5 Å². The minimum absolute atomic E-state index is 0. The molecule has 0 spiro atoms. The topological polar surface area (TPSA) is 70.7 Å². The minimum atomic E-state index is -0.0308. The molecule has 23 heavy (non-hydrogen) atoms. The van der Waals surface area contributed by atoms with E-state index < -0.39 is 0 Å². The van der Waals surface area contributed by atoms with Crippen LogP contribution < -0.4 is 11.1 Å². The number of amides is 1. The van der Waals surface area contributed by atoms with Gasteiger partial charge in [0.25, 0.3) is 5.91 Å². The molecule has 0 bridgehead atoms. The van der Waals surface area contributed by atoms with Crippen LogP contribution in [0.5, 0.6) is 0 Å². The first-order chi connectivity index (χ1) is 10.7. The molecule has 0 atom stereocenters. The number of carbonyl (C=O) groups is 1. The zero-order chi connectivity index (χ0) is 15.8. The van der Waals surface area contributed by atoms with Crippen molar-refractivity contribution in [2.24, 2.45) is 10.7 Å². The number of halogens is 1. The summed E-state index contributed by atoms with van der Waals surface area (Å²) in [5, 5.41) is 2.88. The molecular weight excluding hydrogens is 403 g/mol. The molecule has 1 saturated heterocycles. The average molecular weight is 430 g/mol. The third-order valence-corrected chi connectivity index (χ3v) is 3.83. The number of nitrogens with two attached hydrogens (primary N) is 1. The van der Waals surface area contributed by atoms with Gasteiger partial charge < -0.3 is 16.0 Å². The molecule has 0 unspecified atom stereocenters. The van der Waals surface area contributed by atoms with E-state index in [0.717, 1.165) is 25.1 Å². The van der Waals surface area contributed by atoms with E-state index in [4.69, 9.17) is 5.73 Å². The molecule has 0 aromatic heterocycles. The highest BCUT2D eigenvalue weighted by Crippen LogP contribution is 2.10. The van der Waals surface area contributed by atoms with Crippen molar-refractivity contribution in [3.8, 4) is 0 Å². The van der Waals surface area contributed by atoms with Gasteiger partial charge in [0.2, 0.25) is 0 Å². The number of nitrogens with one attached hydrogen (secondary N) is 1. The highest BCUT2D eigenvalue weighted by Gasteiger charge is 2.11. The Morgan fingerprint density at radius 3 is 2.74 bits per heavy atom. The molecule has 0 aliphatic carbocycles. The van der Waals surface area contributed by atoms with Gasteiger partial charge in [-0.3, -0.25) is 4.79 Å². The van der Waals surface area contributed by atoms with Gasteiger partial charge in [-0.1, -0.05) is 19.1 Å². The fourth-order valence-electron chi connectivity index (χ4n) is 2.55. The Labute approximate surface area is 155 Å². The highest BCUT2D eigenvalue weighted by atomic mass is 127. The largest absolute Gasteiger partial charge is 0.370 e. The van der Waals surface area contributed by atoms with Gasteiger partial charge in [0.05, 0.1) is 6.54 Å². The number of nitrogens with zero attached hydrogens (tertiary/aromatic N) is 2. The summed E-state index contributed by atoms with van der Waals surface area (Å²) in [5.74, 6) is 0.581. The smallest absolute Gasteiger partial charge is 0.251 e. The molecule has 5 nitrogen and oxygen atoms in total. The molecular formula is C17H27IN4O. The lowest BCUT2D eigenvalue weighted by atomic mass is 10.1. The van der Waals surface area contributed by atoms with Crippen molar-refractivity contribution in [2.75, 3.05) is 19.6 Å². The maximum atomic E-state index is 12.0. The zero-order valence-electron chi connectivity index (χ0n) is 13.8. The van der Waals surface area contributed by atoms with E-state index in [2.05, 4.69) is 15.2 Å². The lowest BCUT2D eigenvalue weighted by Gasteiger charge is -2.27. The molecule has 1 aromatic rings. The molecule has 3 N–H and O–H groups in total. The monoisotopic (exact) mass is 430 g/mol. The zero-order valence-corrected chi connectivity index (χ0v) is 16.1. The van der Waals surface area contributed by atoms with E-state index in [-0.39, 0.29) is 29.9 Å². The second-order valence-corrected chi connectivity index (χ2v) is 5.68. The summed E-state index contributed by atoms with van der Waals surface area (Å²) in [6.45, 7) is 5.23. The number of hydrogen-bond donors (Lipinski definition) is 2. The SMILES string of the molecule is CCCNC(=O)c1cccc(CN=C(N)N2CCCCC2)c1.I. The predicted molar refractivity (Wildman–Crippen MR) is 105 cm³/mol. The summed E-state index contributed by atoms with van der Waals surface area (Å²) < 4.78 is 0. The van der Waals surface area contributed by atoms with Gasteiger partial charge in [0.1, 0.15) is 0 Å². The molecule has 1 aliphatic heterocycles. The first-order valence-corrected chi connectivity index (χ1v) is 8.12. The molecule has 128 valence electrons. The molecule has 1 heterocycles. The third kappa shape index (κ3) is 6.37. The van der Waals surface area contributed by atoms with Crippen molar-refractivity contribution < 1.29 is 4.79 Å². The molecule has 1 aliphatic rings. The van der Waals surface area contributed by atoms with Crippen LogP contribution in [0, 0.1) is 0 Å². The van der Waals surface area contributed by atoms with Crippen molar-refractivity contribution in [1.82, 2.24) is 10.2 Å². The molecule has 1 fully saturated rings. The van der Waals surface area contributed by atoms with Gasteiger partial charge in [0.15, 0.2) is 5.96 Å². The number of carbonyl (C=O) groups excluding carboxylic acids is 1. The standard InChI is InChI=1S/C17H26N4O.HI/c1-2-9-19-16(22)15-8-6-7-14(12-15)13-20-17(18)21-10-4-3-5-11-21;/h6-8,12H,2-5,9-11,13H2,1H3,(H2,18,20)(H,19,22);1H. The van der Waals surface area contributed by atoms with E-state index in [1.165, 1.54) is 19.3 Å². The van der Waals surface area contributed by atoms with Crippen LogP contribution in [0.4, 0.5) is 0 Å². The quantitative estimate of drug-likeness (QED) is 0.429. The first-order valence-electron chi connectivity index (χ1n) is 8.12. The van der Waals surface area contributed by atoms with Crippen LogP contribution in [-0.2, 0) is 6.54 Å². The third-order valence-electron chi connectivity index (χ3n) is 3.83. The summed E-state index contributed by atoms with van der Waals surface area (Å²) in [6.07, 6.45) is 4.58. The van der Waals surface area contributed by atoms with Crippen LogP contribution >= 0.6 is 24.0 Å². The maximum Gasteiger partial charge on any atom is 0.251 e. The molecule has 6 heteroatoms. The van der Waals surface area contributed by atoms with Gasteiger partial charge in [-0.25, -0.2) is 4.99 Å². The molecule has 0 saturated carbocycles. The normalized spacial score (nSPS) is 15.0. The minimum Gasteiger partial charge on any atom is -0.370 e. The van der Waals surface area contributed by atoms with E-state index in [9.17, 15) is 4.79 Å². The van der Waals surface area contributed by atoms with Crippen LogP contribution in [0.2, 0.25) is 0 Å². The van der Waals surface area contributed by atoms with Crippen LogP contribution in [0.25, 0.3) is 0 Å². The first kappa shape index (κ1) is 19.7. The number of likely N-dealkylation sites (tertiary alicyclic amines) is 1. The Kier molecular flexibility index (Phi) is 8.98. The Hall–Kier alpha value is -1.31. The highest BCUT2D eigenvalue weighted by molar-refractivity contribution is 14.0. The Bertz CT molecular complexity index is 527. The van der Waals surface area contributed by atoms with Gasteiger partial charge in [-0.2, -0.15) is 0 Å². The number of benzene rings is 1. The fourth-order valence-corrected chi connectivity index (χ4v) is 2.55. The van der Waals surface area contributed by atoms with Crippen LogP contribution in [0.15, 0.2) is 29.3 Å². The average Bonchev–Trinajstić information content (AvgIpc) is 2.58. The summed E-state index contributed by atoms with van der Waals surface area (Å²) in [7, 11) is 0. The number of piperidine rings is 1. The van der Waals surface area contributed by atoms with Crippen LogP contribution in [0.3, 0.4) is 0 Å². The summed E-state index contributed by atoms with van der Waals surface area (Å²) in [6, 6.07) is 7.58. The van der Waals surface area contributed by atoms with Crippen molar-refractivity contribution in [2.45, 2.75) is 39.2 Å². The summed E-state index contributed by atoms with van der Waals surface area (Å²) >= 11 is 0. The maximum absolute atomic E-state index is 12.0.